The zero-order valence-corrected chi connectivity index (χ0v) is 16.6. The predicted molar refractivity (Wildman–Crippen MR) is 110 cm³/mol. The van der Waals surface area contributed by atoms with Gasteiger partial charge >= 0.3 is 0 Å². The van der Waals surface area contributed by atoms with E-state index in [4.69, 9.17) is 15.7 Å². The quantitative estimate of drug-likeness (QED) is 0.230. The Morgan fingerprint density at radius 2 is 1.66 bits per heavy atom. The van der Waals surface area contributed by atoms with Crippen molar-refractivity contribution in [1.29, 1.82) is 0 Å². The van der Waals surface area contributed by atoms with Crippen LogP contribution in [0.2, 0.25) is 0 Å². The van der Waals surface area contributed by atoms with Gasteiger partial charge in [0.15, 0.2) is 0 Å². The van der Waals surface area contributed by atoms with Crippen molar-refractivity contribution in [3.8, 4) is 11.1 Å². The van der Waals surface area contributed by atoms with Gasteiger partial charge in [-0.2, -0.15) is 0 Å². The number of hydroxylamine groups is 1. The highest BCUT2D eigenvalue weighted by Crippen LogP contribution is 2.20. The first-order valence-electron chi connectivity index (χ1n) is 9.35. The summed E-state index contributed by atoms with van der Waals surface area (Å²) in [6.07, 6.45) is 0. The number of nitrogens with one attached hydrogen (secondary N) is 3. The second kappa shape index (κ2) is 11.3. The molecule has 0 heterocycles. The van der Waals surface area contributed by atoms with Crippen LogP contribution in [0.4, 0.5) is 0 Å². The van der Waals surface area contributed by atoms with Crippen LogP contribution in [-0.4, -0.2) is 49.4 Å². The third-order valence-electron chi connectivity index (χ3n) is 4.45. The molecule has 0 saturated carbocycles. The van der Waals surface area contributed by atoms with Gasteiger partial charge in [-0.15, -0.1) is 0 Å². The lowest BCUT2D eigenvalue weighted by Crippen LogP contribution is -2.54. The molecule has 2 aromatic carbocycles. The monoisotopic (exact) mass is 400 g/mol. The van der Waals surface area contributed by atoms with Crippen LogP contribution in [0.3, 0.4) is 0 Å². The zero-order chi connectivity index (χ0) is 21.2. The molecule has 0 bridgehead atoms. The normalized spacial score (nSPS) is 12.8. The summed E-state index contributed by atoms with van der Waals surface area (Å²) in [5.41, 5.74) is 10.8. The van der Waals surface area contributed by atoms with Gasteiger partial charge in [0.25, 0.3) is 11.8 Å². The SMILES string of the molecule is COCCNCc1ccc(-c2ccc(C(=O)N[C@H](C(=O)NO)[C@@H](C)N)cc2)cc1. The molecule has 0 aliphatic heterocycles. The Bertz CT molecular complexity index is 791. The van der Waals surface area contributed by atoms with Gasteiger partial charge in [0.2, 0.25) is 0 Å². The van der Waals surface area contributed by atoms with E-state index in [1.54, 1.807) is 26.2 Å². The maximum Gasteiger partial charge on any atom is 0.267 e. The number of hydrogen-bond donors (Lipinski definition) is 5. The Hall–Kier alpha value is -2.78. The molecule has 6 N–H and O–H groups in total. The fourth-order valence-electron chi connectivity index (χ4n) is 2.77. The molecule has 0 radical (unpaired) electrons. The summed E-state index contributed by atoms with van der Waals surface area (Å²) >= 11 is 0. The largest absolute Gasteiger partial charge is 0.383 e. The fourth-order valence-corrected chi connectivity index (χ4v) is 2.77. The minimum Gasteiger partial charge on any atom is -0.383 e. The van der Waals surface area contributed by atoms with E-state index in [2.05, 4.69) is 22.8 Å². The van der Waals surface area contributed by atoms with Crippen LogP contribution in [0, 0.1) is 0 Å². The van der Waals surface area contributed by atoms with Gasteiger partial charge in [-0.25, -0.2) is 5.48 Å². The van der Waals surface area contributed by atoms with Gasteiger partial charge in [-0.05, 0) is 35.7 Å². The van der Waals surface area contributed by atoms with Crippen molar-refractivity contribution >= 4 is 11.8 Å². The molecule has 2 rings (SSSR count). The van der Waals surface area contributed by atoms with E-state index in [1.165, 1.54) is 11.0 Å². The minimum atomic E-state index is -1.03. The molecular formula is C21H28N4O4. The Kier molecular flexibility index (Phi) is 8.75. The lowest BCUT2D eigenvalue weighted by molar-refractivity contribution is -0.131. The van der Waals surface area contributed by atoms with E-state index in [1.807, 2.05) is 24.3 Å². The third-order valence-corrected chi connectivity index (χ3v) is 4.45. The smallest absolute Gasteiger partial charge is 0.267 e. The molecule has 0 unspecified atom stereocenters. The summed E-state index contributed by atoms with van der Waals surface area (Å²) in [6, 6.07) is 13.5. The number of rotatable bonds is 10. The molecule has 0 spiro atoms. The van der Waals surface area contributed by atoms with E-state index in [0.29, 0.717) is 12.2 Å². The summed E-state index contributed by atoms with van der Waals surface area (Å²) in [7, 11) is 1.67. The van der Waals surface area contributed by atoms with Crippen LogP contribution < -0.4 is 21.8 Å². The first-order valence-corrected chi connectivity index (χ1v) is 9.35. The molecule has 2 aromatic rings. The molecule has 0 saturated heterocycles. The van der Waals surface area contributed by atoms with Gasteiger partial charge in [-0.1, -0.05) is 36.4 Å². The Balaban J connectivity index is 2.00. The van der Waals surface area contributed by atoms with Crippen molar-refractivity contribution in [1.82, 2.24) is 16.1 Å². The number of amides is 2. The minimum absolute atomic E-state index is 0.393. The Labute approximate surface area is 170 Å². The van der Waals surface area contributed by atoms with Crippen molar-refractivity contribution in [3.63, 3.8) is 0 Å². The van der Waals surface area contributed by atoms with Crippen LogP contribution >= 0.6 is 0 Å². The Morgan fingerprint density at radius 1 is 1.07 bits per heavy atom. The molecule has 2 atom stereocenters. The summed E-state index contributed by atoms with van der Waals surface area (Å²) in [5, 5.41) is 14.6. The predicted octanol–water partition coefficient (Wildman–Crippen LogP) is 1.04. The molecule has 0 fully saturated rings. The standard InChI is InChI=1S/C21H28N4O4/c1-14(22)19(21(27)25-28)24-20(26)18-9-7-17(8-10-18)16-5-3-15(4-6-16)13-23-11-12-29-2/h3-10,14,19,23,28H,11-13,22H2,1-2H3,(H,24,26)(H,25,27)/t14-,19+/m1/s1. The van der Waals surface area contributed by atoms with Gasteiger partial charge in [0, 0.05) is 31.8 Å². The van der Waals surface area contributed by atoms with E-state index in [0.717, 1.165) is 24.2 Å². The van der Waals surface area contributed by atoms with E-state index < -0.39 is 23.9 Å². The summed E-state index contributed by atoms with van der Waals surface area (Å²) in [6.45, 7) is 3.81. The van der Waals surface area contributed by atoms with Gasteiger partial charge in [0.1, 0.15) is 6.04 Å². The molecule has 156 valence electrons. The maximum atomic E-state index is 12.4. The first-order chi connectivity index (χ1) is 14.0. The number of methoxy groups -OCH3 is 1. The molecule has 0 aliphatic rings. The third kappa shape index (κ3) is 6.65. The second-order valence-electron chi connectivity index (χ2n) is 6.73. The molecule has 2 amide bonds. The molecule has 8 nitrogen and oxygen atoms in total. The van der Waals surface area contributed by atoms with Crippen molar-refractivity contribution in [2.45, 2.75) is 25.6 Å². The van der Waals surface area contributed by atoms with Crippen molar-refractivity contribution in [2.24, 2.45) is 5.73 Å². The van der Waals surface area contributed by atoms with E-state index in [9.17, 15) is 9.59 Å². The first kappa shape index (κ1) is 22.5. The van der Waals surface area contributed by atoms with Crippen molar-refractivity contribution < 1.29 is 19.5 Å². The van der Waals surface area contributed by atoms with Gasteiger partial charge < -0.3 is 21.1 Å². The van der Waals surface area contributed by atoms with Crippen LogP contribution in [0.5, 0.6) is 0 Å². The van der Waals surface area contributed by atoms with Crippen LogP contribution in [0.25, 0.3) is 11.1 Å². The second-order valence-corrected chi connectivity index (χ2v) is 6.73. The van der Waals surface area contributed by atoms with Crippen LogP contribution in [-0.2, 0) is 16.1 Å². The maximum absolute atomic E-state index is 12.4. The van der Waals surface area contributed by atoms with Crippen molar-refractivity contribution in [3.05, 3.63) is 59.7 Å². The zero-order valence-electron chi connectivity index (χ0n) is 16.6. The molecule has 0 aromatic heterocycles. The van der Waals surface area contributed by atoms with Crippen LogP contribution in [0.15, 0.2) is 48.5 Å². The van der Waals surface area contributed by atoms with Gasteiger partial charge in [0.05, 0.1) is 6.61 Å². The number of nitrogens with two attached hydrogens (primary N) is 1. The summed E-state index contributed by atoms with van der Waals surface area (Å²) < 4.78 is 5.01. The number of hydrogen-bond acceptors (Lipinski definition) is 6. The number of ether oxygens (including phenoxy) is 1. The number of benzene rings is 2. The lowest BCUT2D eigenvalue weighted by Gasteiger charge is -2.20. The fraction of sp³-hybridized carbons (Fsp3) is 0.333. The highest BCUT2D eigenvalue weighted by Gasteiger charge is 2.24. The molecular weight excluding hydrogens is 372 g/mol. The summed E-state index contributed by atoms with van der Waals surface area (Å²) in [5.74, 6) is -1.21. The van der Waals surface area contributed by atoms with Gasteiger partial charge in [-0.3, -0.25) is 14.8 Å². The number of carbonyl (C=O) groups is 2. The molecule has 8 heteroatoms. The van der Waals surface area contributed by atoms with Crippen molar-refractivity contribution in [2.75, 3.05) is 20.3 Å². The highest BCUT2D eigenvalue weighted by atomic mass is 16.5. The Morgan fingerprint density at radius 3 is 2.17 bits per heavy atom. The highest BCUT2D eigenvalue weighted by molar-refractivity contribution is 5.98. The van der Waals surface area contributed by atoms with E-state index >= 15 is 0 Å². The lowest BCUT2D eigenvalue weighted by atomic mass is 10.0. The van der Waals surface area contributed by atoms with Crippen LogP contribution in [0.1, 0.15) is 22.8 Å². The summed E-state index contributed by atoms with van der Waals surface area (Å²) in [4.78, 5) is 24.0. The molecule has 0 aliphatic carbocycles. The average Bonchev–Trinajstić information content (AvgIpc) is 2.74. The number of carbonyl (C=O) groups excluding carboxylic acids is 2. The topological polar surface area (TPSA) is 126 Å². The van der Waals surface area contributed by atoms with E-state index in [-0.39, 0.29) is 0 Å². The average molecular weight is 400 g/mol. The molecule has 29 heavy (non-hydrogen) atoms.